The predicted molar refractivity (Wildman–Crippen MR) is 83.0 cm³/mol. The van der Waals surface area contributed by atoms with Gasteiger partial charge in [-0.05, 0) is 32.2 Å². The molecule has 3 N–H and O–H groups in total. The van der Waals surface area contributed by atoms with E-state index >= 15 is 0 Å². The highest BCUT2D eigenvalue weighted by Crippen LogP contribution is 2.22. The van der Waals surface area contributed by atoms with Crippen molar-refractivity contribution in [2.24, 2.45) is 0 Å². The van der Waals surface area contributed by atoms with Gasteiger partial charge in [-0.2, -0.15) is 0 Å². The normalized spacial score (nSPS) is 20.9. The molecule has 20 heavy (non-hydrogen) atoms. The number of hydrogen-bond acceptors (Lipinski definition) is 4. The number of nitrogens with one attached hydrogen (secondary N) is 1. The molecule has 0 aliphatic carbocycles. The number of anilines is 2. The van der Waals surface area contributed by atoms with Gasteiger partial charge in [0.2, 0.25) is 5.91 Å². The van der Waals surface area contributed by atoms with Crippen LogP contribution in [0.3, 0.4) is 0 Å². The highest BCUT2D eigenvalue weighted by molar-refractivity contribution is 6.33. The zero-order valence-corrected chi connectivity index (χ0v) is 12.7. The Bertz CT molecular complexity index is 494. The van der Waals surface area contributed by atoms with Crippen LogP contribution in [0.4, 0.5) is 11.4 Å². The molecule has 1 saturated heterocycles. The van der Waals surface area contributed by atoms with Gasteiger partial charge in [0, 0.05) is 31.4 Å². The van der Waals surface area contributed by atoms with E-state index in [-0.39, 0.29) is 5.91 Å². The number of halogens is 1. The summed E-state index contributed by atoms with van der Waals surface area (Å²) in [7, 11) is 2.10. The van der Waals surface area contributed by atoms with Crippen molar-refractivity contribution < 1.29 is 4.79 Å². The molecule has 0 bridgehead atoms. The molecule has 1 unspecified atom stereocenters. The lowest BCUT2D eigenvalue weighted by molar-refractivity contribution is -0.118. The van der Waals surface area contributed by atoms with Crippen molar-refractivity contribution in [2.45, 2.75) is 13.0 Å². The second-order valence-corrected chi connectivity index (χ2v) is 5.77. The number of carbonyl (C=O) groups is 1. The second-order valence-electron chi connectivity index (χ2n) is 5.37. The van der Waals surface area contributed by atoms with Crippen molar-refractivity contribution in [3.05, 3.63) is 23.2 Å². The van der Waals surface area contributed by atoms with E-state index in [2.05, 4.69) is 29.1 Å². The zero-order valence-electron chi connectivity index (χ0n) is 11.9. The maximum Gasteiger partial charge on any atom is 0.238 e. The van der Waals surface area contributed by atoms with Gasteiger partial charge in [-0.3, -0.25) is 9.69 Å². The van der Waals surface area contributed by atoms with Crippen molar-refractivity contribution >= 4 is 28.9 Å². The van der Waals surface area contributed by atoms with Gasteiger partial charge < -0.3 is 16.0 Å². The van der Waals surface area contributed by atoms with Gasteiger partial charge in [0.25, 0.3) is 0 Å². The van der Waals surface area contributed by atoms with E-state index in [1.807, 2.05) is 0 Å². The SMILES string of the molecule is CC1CN(C)CCN1CC(=O)Nc1ccc(Cl)c(N)c1. The lowest BCUT2D eigenvalue weighted by Gasteiger charge is -2.37. The molecule has 110 valence electrons. The zero-order chi connectivity index (χ0) is 14.7. The number of piperazine rings is 1. The van der Waals surface area contributed by atoms with Gasteiger partial charge >= 0.3 is 0 Å². The molecule has 0 aromatic heterocycles. The Hall–Kier alpha value is -1.30. The molecule has 0 saturated carbocycles. The van der Waals surface area contributed by atoms with E-state index in [0.717, 1.165) is 19.6 Å². The van der Waals surface area contributed by atoms with Crippen LogP contribution in [-0.2, 0) is 4.79 Å². The standard InChI is InChI=1S/C14H21ClN4O/c1-10-8-18(2)5-6-19(10)9-14(20)17-11-3-4-12(15)13(16)7-11/h3-4,7,10H,5-6,8-9,16H2,1-2H3,(H,17,20). The van der Waals surface area contributed by atoms with Gasteiger partial charge in [-0.25, -0.2) is 0 Å². The van der Waals surface area contributed by atoms with Crippen LogP contribution in [0.1, 0.15) is 6.92 Å². The van der Waals surface area contributed by atoms with Crippen LogP contribution in [0.2, 0.25) is 5.02 Å². The molecule has 1 fully saturated rings. The van der Waals surface area contributed by atoms with Crippen LogP contribution in [0.5, 0.6) is 0 Å². The van der Waals surface area contributed by atoms with Crippen LogP contribution in [0, 0.1) is 0 Å². The summed E-state index contributed by atoms with van der Waals surface area (Å²) >= 11 is 5.86. The first-order valence-corrected chi connectivity index (χ1v) is 7.11. The number of carbonyl (C=O) groups excluding carboxylic acids is 1. The fraction of sp³-hybridized carbons (Fsp3) is 0.500. The number of rotatable bonds is 3. The molecule has 0 radical (unpaired) electrons. The van der Waals surface area contributed by atoms with Gasteiger partial charge in [-0.15, -0.1) is 0 Å². The van der Waals surface area contributed by atoms with Crippen molar-refractivity contribution in [1.29, 1.82) is 0 Å². The molecular weight excluding hydrogens is 276 g/mol. The number of hydrogen-bond donors (Lipinski definition) is 2. The molecular formula is C14H21ClN4O. The van der Waals surface area contributed by atoms with Gasteiger partial charge in [-0.1, -0.05) is 11.6 Å². The van der Waals surface area contributed by atoms with Crippen molar-refractivity contribution in [1.82, 2.24) is 9.80 Å². The monoisotopic (exact) mass is 296 g/mol. The topological polar surface area (TPSA) is 61.6 Å². The average Bonchev–Trinajstić information content (AvgIpc) is 2.37. The van der Waals surface area contributed by atoms with E-state index in [0.29, 0.717) is 29.0 Å². The fourth-order valence-electron chi connectivity index (χ4n) is 2.42. The van der Waals surface area contributed by atoms with Crippen molar-refractivity contribution in [2.75, 3.05) is 44.3 Å². The Balaban J connectivity index is 1.90. The number of nitrogens with zero attached hydrogens (tertiary/aromatic N) is 2. The Morgan fingerprint density at radius 3 is 2.90 bits per heavy atom. The molecule has 1 atom stereocenters. The molecule has 1 aromatic rings. The van der Waals surface area contributed by atoms with E-state index in [1.165, 1.54) is 0 Å². The summed E-state index contributed by atoms with van der Waals surface area (Å²) in [6.45, 7) is 5.43. The summed E-state index contributed by atoms with van der Waals surface area (Å²) in [5.41, 5.74) is 6.87. The first-order chi connectivity index (χ1) is 9.45. The minimum atomic E-state index is -0.0249. The first kappa shape index (κ1) is 15.1. The third kappa shape index (κ3) is 3.85. The van der Waals surface area contributed by atoms with Crippen molar-refractivity contribution in [3.63, 3.8) is 0 Å². The summed E-state index contributed by atoms with van der Waals surface area (Å²) in [5.74, 6) is -0.0249. The lowest BCUT2D eigenvalue weighted by atomic mass is 10.2. The molecule has 0 spiro atoms. The fourth-order valence-corrected chi connectivity index (χ4v) is 2.54. The Morgan fingerprint density at radius 2 is 2.25 bits per heavy atom. The molecule has 6 heteroatoms. The van der Waals surface area contributed by atoms with Crippen LogP contribution in [0.25, 0.3) is 0 Å². The number of amides is 1. The number of nitrogen functional groups attached to an aromatic ring is 1. The first-order valence-electron chi connectivity index (χ1n) is 6.73. The van der Waals surface area contributed by atoms with E-state index in [1.54, 1.807) is 18.2 Å². The number of likely N-dealkylation sites (N-methyl/N-ethyl adjacent to an activating group) is 1. The molecule has 1 aliphatic rings. The summed E-state index contributed by atoms with van der Waals surface area (Å²) in [6.07, 6.45) is 0. The number of benzene rings is 1. The Labute approximate surface area is 124 Å². The summed E-state index contributed by atoms with van der Waals surface area (Å²) in [4.78, 5) is 16.5. The molecule has 1 aromatic carbocycles. The highest BCUT2D eigenvalue weighted by Gasteiger charge is 2.23. The minimum Gasteiger partial charge on any atom is -0.397 e. The smallest absolute Gasteiger partial charge is 0.238 e. The predicted octanol–water partition coefficient (Wildman–Crippen LogP) is 1.50. The molecule has 1 heterocycles. The molecule has 1 aliphatic heterocycles. The number of nitrogens with two attached hydrogens (primary N) is 1. The summed E-state index contributed by atoms with van der Waals surface area (Å²) in [5, 5.41) is 3.35. The van der Waals surface area contributed by atoms with Gasteiger partial charge in [0.1, 0.15) is 0 Å². The Kier molecular flexibility index (Phi) is 4.86. The van der Waals surface area contributed by atoms with E-state index in [4.69, 9.17) is 17.3 Å². The lowest BCUT2D eigenvalue weighted by Crippen LogP contribution is -2.52. The minimum absolute atomic E-state index is 0.0249. The van der Waals surface area contributed by atoms with Gasteiger partial charge in [0.15, 0.2) is 0 Å². The van der Waals surface area contributed by atoms with Crippen LogP contribution >= 0.6 is 11.6 Å². The highest BCUT2D eigenvalue weighted by atomic mass is 35.5. The summed E-state index contributed by atoms with van der Waals surface area (Å²) in [6, 6.07) is 5.50. The largest absolute Gasteiger partial charge is 0.397 e. The summed E-state index contributed by atoms with van der Waals surface area (Å²) < 4.78 is 0. The van der Waals surface area contributed by atoms with E-state index in [9.17, 15) is 4.79 Å². The maximum atomic E-state index is 12.1. The quantitative estimate of drug-likeness (QED) is 0.830. The molecule has 5 nitrogen and oxygen atoms in total. The third-order valence-electron chi connectivity index (χ3n) is 3.59. The maximum absolute atomic E-state index is 12.1. The van der Waals surface area contributed by atoms with Crippen LogP contribution in [0.15, 0.2) is 18.2 Å². The average molecular weight is 297 g/mol. The second kappa shape index (κ2) is 6.43. The van der Waals surface area contributed by atoms with Crippen LogP contribution in [-0.4, -0.2) is 55.0 Å². The van der Waals surface area contributed by atoms with E-state index < -0.39 is 0 Å². The van der Waals surface area contributed by atoms with Crippen LogP contribution < -0.4 is 11.1 Å². The Morgan fingerprint density at radius 1 is 1.50 bits per heavy atom. The molecule has 2 rings (SSSR count). The van der Waals surface area contributed by atoms with Crippen molar-refractivity contribution in [3.8, 4) is 0 Å². The van der Waals surface area contributed by atoms with Gasteiger partial charge in [0.05, 0.1) is 17.3 Å². The third-order valence-corrected chi connectivity index (χ3v) is 3.94. The molecule has 1 amide bonds.